The molecular formula is C21H18ClF3IN3OS. The van der Waals surface area contributed by atoms with Crippen LogP contribution < -0.4 is 5.56 Å². The van der Waals surface area contributed by atoms with Gasteiger partial charge in [-0.25, -0.2) is 4.98 Å². The van der Waals surface area contributed by atoms with Crippen LogP contribution in [-0.2, 0) is 19.1 Å². The standard InChI is InChI=1S/C21H18ClF3IN3OS/c1-3-9-29-16(8-7-12(2)15-11-27-20(22)31-15)28-19(30)17(18(29)26)13-5-4-6-14(10-13)21(23,24)25/h3-6,10-12H,1,7-9H2,2H3. The Morgan fingerprint density at radius 1 is 1.39 bits per heavy atom. The molecule has 0 radical (unpaired) electrons. The highest BCUT2D eigenvalue weighted by atomic mass is 127. The minimum atomic E-state index is -4.50. The van der Waals surface area contributed by atoms with E-state index in [1.165, 1.54) is 23.5 Å². The van der Waals surface area contributed by atoms with Crippen molar-refractivity contribution >= 4 is 45.5 Å². The third kappa shape index (κ3) is 5.56. The molecule has 0 saturated carbocycles. The van der Waals surface area contributed by atoms with E-state index in [4.69, 9.17) is 11.6 Å². The fraction of sp³-hybridized carbons (Fsp3) is 0.286. The molecule has 0 fully saturated rings. The lowest BCUT2D eigenvalue weighted by molar-refractivity contribution is -0.137. The Kier molecular flexibility index (Phi) is 7.59. The molecule has 164 valence electrons. The number of allylic oxidation sites excluding steroid dienone is 1. The molecule has 1 atom stereocenters. The normalized spacial score (nSPS) is 12.7. The van der Waals surface area contributed by atoms with Gasteiger partial charge in [0, 0.05) is 24.0 Å². The highest BCUT2D eigenvalue weighted by molar-refractivity contribution is 14.1. The molecule has 0 N–H and O–H groups in total. The topological polar surface area (TPSA) is 47.8 Å². The molecule has 1 unspecified atom stereocenters. The zero-order chi connectivity index (χ0) is 22.8. The molecule has 0 aliphatic heterocycles. The number of halogens is 5. The van der Waals surface area contributed by atoms with Crippen molar-refractivity contribution in [3.8, 4) is 11.1 Å². The summed E-state index contributed by atoms with van der Waals surface area (Å²) in [7, 11) is 0. The van der Waals surface area contributed by atoms with Gasteiger partial charge in [-0.2, -0.15) is 18.2 Å². The lowest BCUT2D eigenvalue weighted by atomic mass is 10.0. The van der Waals surface area contributed by atoms with E-state index >= 15 is 0 Å². The molecule has 0 aliphatic rings. The first-order chi connectivity index (χ1) is 14.6. The fourth-order valence-corrected chi connectivity index (χ4v) is 5.21. The van der Waals surface area contributed by atoms with E-state index < -0.39 is 17.3 Å². The fourth-order valence-electron chi connectivity index (χ4n) is 3.15. The zero-order valence-electron chi connectivity index (χ0n) is 16.4. The minimum Gasteiger partial charge on any atom is -0.320 e. The molecule has 0 saturated heterocycles. The van der Waals surface area contributed by atoms with Gasteiger partial charge in [-0.1, -0.05) is 36.7 Å². The van der Waals surface area contributed by atoms with Crippen LogP contribution in [0.5, 0.6) is 0 Å². The highest BCUT2D eigenvalue weighted by Gasteiger charge is 2.31. The molecule has 4 nitrogen and oxygen atoms in total. The van der Waals surface area contributed by atoms with E-state index in [2.05, 4.69) is 16.5 Å². The second-order valence-electron chi connectivity index (χ2n) is 6.93. The van der Waals surface area contributed by atoms with E-state index in [1.54, 1.807) is 12.3 Å². The third-order valence-corrected chi connectivity index (χ3v) is 7.24. The summed E-state index contributed by atoms with van der Waals surface area (Å²) in [4.78, 5) is 22.2. The molecule has 0 amide bonds. The second kappa shape index (κ2) is 9.83. The largest absolute Gasteiger partial charge is 0.416 e. The smallest absolute Gasteiger partial charge is 0.320 e. The predicted molar refractivity (Wildman–Crippen MR) is 126 cm³/mol. The first-order valence-electron chi connectivity index (χ1n) is 9.30. The monoisotopic (exact) mass is 579 g/mol. The first kappa shape index (κ1) is 23.9. The van der Waals surface area contributed by atoms with Gasteiger partial charge in [0.1, 0.15) is 5.82 Å². The van der Waals surface area contributed by atoms with E-state index in [0.717, 1.165) is 17.0 Å². The number of hydrogen-bond acceptors (Lipinski definition) is 4. The van der Waals surface area contributed by atoms with Crippen molar-refractivity contribution in [3.63, 3.8) is 0 Å². The molecule has 0 bridgehead atoms. The van der Waals surface area contributed by atoms with Gasteiger partial charge < -0.3 is 4.57 Å². The van der Waals surface area contributed by atoms with Gasteiger partial charge in [0.2, 0.25) is 0 Å². The van der Waals surface area contributed by atoms with Crippen LogP contribution in [0.4, 0.5) is 13.2 Å². The Hall–Kier alpha value is -1.72. The lowest BCUT2D eigenvalue weighted by Gasteiger charge is -2.18. The molecule has 2 aromatic heterocycles. The molecule has 0 aliphatic carbocycles. The van der Waals surface area contributed by atoms with Crippen LogP contribution in [0.25, 0.3) is 11.1 Å². The average molecular weight is 580 g/mol. The minimum absolute atomic E-state index is 0.152. The summed E-state index contributed by atoms with van der Waals surface area (Å²) in [5.41, 5.74) is -1.02. The molecular weight excluding hydrogens is 562 g/mol. The van der Waals surface area contributed by atoms with Gasteiger partial charge in [-0.05, 0) is 52.6 Å². The number of hydrogen-bond donors (Lipinski definition) is 0. The van der Waals surface area contributed by atoms with Crippen LogP contribution in [0.3, 0.4) is 0 Å². The number of rotatable bonds is 7. The molecule has 3 aromatic rings. The van der Waals surface area contributed by atoms with Crippen LogP contribution in [0.2, 0.25) is 4.47 Å². The Morgan fingerprint density at radius 2 is 2.13 bits per heavy atom. The summed E-state index contributed by atoms with van der Waals surface area (Å²) in [6.45, 7) is 6.18. The van der Waals surface area contributed by atoms with E-state index in [0.29, 0.717) is 33.4 Å². The number of alkyl halides is 3. The summed E-state index contributed by atoms with van der Waals surface area (Å²) in [6, 6.07) is 4.74. The Labute approximate surface area is 200 Å². The summed E-state index contributed by atoms with van der Waals surface area (Å²) in [5, 5.41) is 0. The van der Waals surface area contributed by atoms with Gasteiger partial charge >= 0.3 is 6.18 Å². The summed E-state index contributed by atoms with van der Waals surface area (Å²) in [5.74, 6) is 0.729. The van der Waals surface area contributed by atoms with Crippen molar-refractivity contribution in [2.45, 2.75) is 38.4 Å². The number of thiazole rings is 1. The summed E-state index contributed by atoms with van der Waals surface area (Å²) < 4.78 is 42.2. The molecule has 31 heavy (non-hydrogen) atoms. The van der Waals surface area contributed by atoms with Crippen LogP contribution in [0.1, 0.15) is 35.5 Å². The molecule has 2 heterocycles. The van der Waals surface area contributed by atoms with Gasteiger partial charge in [0.05, 0.1) is 14.8 Å². The predicted octanol–water partition coefficient (Wildman–Crippen LogP) is 6.57. The third-order valence-electron chi connectivity index (χ3n) is 4.77. The van der Waals surface area contributed by atoms with Crippen LogP contribution >= 0.6 is 45.5 Å². The number of nitrogens with zero attached hydrogens (tertiary/aromatic N) is 3. The SMILES string of the molecule is C=CCn1c(CCC(C)c2cnc(Cl)s2)nc(=O)c(-c2cccc(C(F)(F)F)c2)c1I. The number of aromatic nitrogens is 3. The van der Waals surface area contributed by atoms with Crippen molar-refractivity contribution in [1.82, 2.24) is 14.5 Å². The van der Waals surface area contributed by atoms with Crippen molar-refractivity contribution in [3.05, 3.63) is 77.9 Å². The second-order valence-corrected chi connectivity index (χ2v) is 9.60. The number of benzene rings is 1. The van der Waals surface area contributed by atoms with Crippen molar-refractivity contribution < 1.29 is 13.2 Å². The summed E-state index contributed by atoms with van der Waals surface area (Å²) >= 11 is 9.31. The molecule has 3 rings (SSSR count). The van der Waals surface area contributed by atoms with Gasteiger partial charge in [0.15, 0.2) is 4.47 Å². The Balaban J connectivity index is 1.98. The zero-order valence-corrected chi connectivity index (χ0v) is 20.1. The lowest BCUT2D eigenvalue weighted by Crippen LogP contribution is -2.23. The van der Waals surface area contributed by atoms with Gasteiger partial charge in [-0.15, -0.1) is 17.9 Å². The molecule has 1 aromatic carbocycles. The molecule has 10 heteroatoms. The maximum Gasteiger partial charge on any atom is 0.416 e. The molecule has 0 spiro atoms. The van der Waals surface area contributed by atoms with E-state index in [-0.39, 0.29) is 17.0 Å². The first-order valence-corrected chi connectivity index (χ1v) is 11.6. The van der Waals surface area contributed by atoms with E-state index in [1.807, 2.05) is 34.1 Å². The average Bonchev–Trinajstić information content (AvgIpc) is 3.14. The van der Waals surface area contributed by atoms with Gasteiger partial charge in [0.25, 0.3) is 5.56 Å². The van der Waals surface area contributed by atoms with Crippen LogP contribution in [0, 0.1) is 3.70 Å². The van der Waals surface area contributed by atoms with Crippen LogP contribution in [-0.4, -0.2) is 14.5 Å². The number of aryl methyl sites for hydroxylation is 1. The van der Waals surface area contributed by atoms with Gasteiger partial charge in [-0.3, -0.25) is 4.79 Å². The Bertz CT molecular complexity index is 1160. The van der Waals surface area contributed by atoms with Crippen LogP contribution in [0.15, 0.2) is 47.9 Å². The van der Waals surface area contributed by atoms with Crippen molar-refractivity contribution in [2.24, 2.45) is 0 Å². The Morgan fingerprint density at radius 3 is 2.74 bits per heavy atom. The highest BCUT2D eigenvalue weighted by Crippen LogP contribution is 2.33. The maximum atomic E-state index is 13.1. The summed E-state index contributed by atoms with van der Waals surface area (Å²) in [6.07, 6.45) is 0.132. The van der Waals surface area contributed by atoms with Crippen molar-refractivity contribution in [2.75, 3.05) is 0 Å². The maximum absolute atomic E-state index is 13.1. The van der Waals surface area contributed by atoms with Crippen molar-refractivity contribution in [1.29, 1.82) is 0 Å². The van der Waals surface area contributed by atoms with E-state index in [9.17, 15) is 18.0 Å². The quantitative estimate of drug-likeness (QED) is 0.181.